The number of carbonyl (C=O) groups is 2. The molecule has 1 aromatic rings. The summed E-state index contributed by atoms with van der Waals surface area (Å²) in [6.07, 6.45) is 7.83. The number of rotatable bonds is 4. The van der Waals surface area contributed by atoms with E-state index in [0.717, 1.165) is 50.5 Å². The minimum atomic E-state index is -0.808. The molecule has 25 heavy (non-hydrogen) atoms. The van der Waals surface area contributed by atoms with E-state index >= 15 is 0 Å². The van der Waals surface area contributed by atoms with Crippen LogP contribution >= 0.6 is 0 Å². The molecule has 1 aliphatic heterocycles. The van der Waals surface area contributed by atoms with Gasteiger partial charge in [0.1, 0.15) is 0 Å². The second-order valence-corrected chi connectivity index (χ2v) is 7.52. The van der Waals surface area contributed by atoms with E-state index in [9.17, 15) is 14.7 Å². The summed E-state index contributed by atoms with van der Waals surface area (Å²) < 4.78 is 5.22. The maximum absolute atomic E-state index is 12.5. The molecule has 6 heteroatoms. The summed E-state index contributed by atoms with van der Waals surface area (Å²) in [5.41, 5.74) is 0.0165. The van der Waals surface area contributed by atoms with Crippen LogP contribution in [-0.4, -0.2) is 46.6 Å². The van der Waals surface area contributed by atoms with Crippen LogP contribution in [0.5, 0.6) is 0 Å². The average Bonchev–Trinajstić information content (AvgIpc) is 3.02. The molecular formula is C19H28N2O4. The lowest BCUT2D eigenvalue weighted by atomic mass is 9.82. The average molecular weight is 348 g/mol. The molecule has 2 heterocycles. The van der Waals surface area contributed by atoms with Gasteiger partial charge in [0.15, 0.2) is 5.76 Å². The van der Waals surface area contributed by atoms with E-state index in [1.54, 1.807) is 6.07 Å². The van der Waals surface area contributed by atoms with Crippen molar-refractivity contribution in [2.24, 2.45) is 0 Å². The van der Waals surface area contributed by atoms with Crippen molar-refractivity contribution in [3.63, 3.8) is 0 Å². The van der Waals surface area contributed by atoms with Crippen LogP contribution in [-0.2, 0) is 4.79 Å². The number of piperidine rings is 1. The molecule has 1 saturated heterocycles. The second-order valence-electron chi connectivity index (χ2n) is 7.52. The molecule has 6 nitrogen and oxygen atoms in total. The number of likely N-dealkylation sites (tertiary alicyclic amines) is 1. The molecular weight excluding hydrogens is 320 g/mol. The lowest BCUT2D eigenvalue weighted by molar-refractivity contribution is -0.138. The molecule has 0 bridgehead atoms. The van der Waals surface area contributed by atoms with Gasteiger partial charge in [0.2, 0.25) is 5.91 Å². The first-order valence-corrected chi connectivity index (χ1v) is 9.32. The summed E-state index contributed by atoms with van der Waals surface area (Å²) in [6.45, 7) is 3.09. The Hall–Kier alpha value is -1.82. The Morgan fingerprint density at radius 2 is 1.96 bits per heavy atom. The Morgan fingerprint density at radius 1 is 1.28 bits per heavy atom. The van der Waals surface area contributed by atoms with Gasteiger partial charge in [0.25, 0.3) is 5.91 Å². The van der Waals surface area contributed by atoms with Crippen molar-refractivity contribution >= 4 is 11.8 Å². The predicted molar refractivity (Wildman–Crippen MR) is 93.2 cm³/mol. The highest BCUT2D eigenvalue weighted by atomic mass is 16.3. The molecule has 0 spiro atoms. The number of hydrogen-bond acceptors (Lipinski definition) is 4. The van der Waals surface area contributed by atoms with E-state index in [0.29, 0.717) is 18.8 Å². The summed E-state index contributed by atoms with van der Waals surface area (Å²) >= 11 is 0. The topological polar surface area (TPSA) is 82.8 Å². The van der Waals surface area contributed by atoms with E-state index < -0.39 is 5.60 Å². The molecule has 2 amide bonds. The monoisotopic (exact) mass is 348 g/mol. The maximum atomic E-state index is 12.5. The number of carbonyl (C=O) groups excluding carboxylic acids is 2. The number of furan rings is 1. The minimum Gasteiger partial charge on any atom is -0.459 e. The number of amides is 2. The van der Waals surface area contributed by atoms with Gasteiger partial charge in [-0.1, -0.05) is 19.3 Å². The van der Waals surface area contributed by atoms with Crippen LogP contribution in [0.1, 0.15) is 67.5 Å². The van der Waals surface area contributed by atoms with Crippen LogP contribution in [0.15, 0.2) is 16.7 Å². The van der Waals surface area contributed by atoms with Crippen LogP contribution < -0.4 is 5.32 Å². The van der Waals surface area contributed by atoms with Crippen molar-refractivity contribution in [2.45, 2.75) is 69.9 Å². The van der Waals surface area contributed by atoms with Gasteiger partial charge >= 0.3 is 0 Å². The molecule has 2 aliphatic rings. The first kappa shape index (κ1) is 18.0. The van der Waals surface area contributed by atoms with Crippen LogP contribution in [0.4, 0.5) is 0 Å². The van der Waals surface area contributed by atoms with Gasteiger partial charge < -0.3 is 19.7 Å². The molecule has 0 unspecified atom stereocenters. The number of aliphatic hydroxyl groups is 1. The maximum Gasteiger partial charge on any atom is 0.287 e. The summed E-state index contributed by atoms with van der Waals surface area (Å²) in [5.74, 6) is 0.206. The first-order chi connectivity index (χ1) is 12.0. The van der Waals surface area contributed by atoms with Crippen LogP contribution in [0, 0.1) is 6.92 Å². The third-order valence-electron chi connectivity index (χ3n) is 5.52. The van der Waals surface area contributed by atoms with E-state index in [4.69, 9.17) is 4.42 Å². The number of aryl methyl sites for hydroxylation is 1. The molecule has 0 aromatic carbocycles. The highest BCUT2D eigenvalue weighted by Gasteiger charge is 2.34. The Balaban J connectivity index is 1.46. The standard InChI is InChI=1S/C19H28N2O4/c1-14-7-12-25-17(14)18(23)20-15-5-10-21(11-6-15)16(22)13-19(24)8-3-2-4-9-19/h7,12,15,24H,2-6,8-11,13H2,1H3,(H,20,23). The lowest BCUT2D eigenvalue weighted by Crippen LogP contribution is -2.48. The largest absolute Gasteiger partial charge is 0.459 e. The Morgan fingerprint density at radius 3 is 2.56 bits per heavy atom. The van der Waals surface area contributed by atoms with E-state index in [1.165, 1.54) is 6.26 Å². The second kappa shape index (κ2) is 7.60. The Kier molecular flexibility index (Phi) is 5.47. The molecule has 138 valence electrons. The fourth-order valence-corrected chi connectivity index (χ4v) is 3.91. The normalized spacial score (nSPS) is 21.1. The summed E-state index contributed by atoms with van der Waals surface area (Å²) in [6, 6.07) is 1.82. The molecule has 3 rings (SSSR count). The lowest BCUT2D eigenvalue weighted by Gasteiger charge is -2.36. The smallest absolute Gasteiger partial charge is 0.287 e. The third kappa shape index (κ3) is 4.42. The van der Waals surface area contributed by atoms with Crippen molar-refractivity contribution in [1.82, 2.24) is 10.2 Å². The fourth-order valence-electron chi connectivity index (χ4n) is 3.91. The van der Waals surface area contributed by atoms with E-state index in [-0.39, 0.29) is 24.3 Å². The quantitative estimate of drug-likeness (QED) is 0.875. The van der Waals surface area contributed by atoms with E-state index in [2.05, 4.69) is 5.32 Å². The number of nitrogens with one attached hydrogen (secondary N) is 1. The molecule has 1 aromatic heterocycles. The SMILES string of the molecule is Cc1ccoc1C(=O)NC1CCN(C(=O)CC2(O)CCCCC2)CC1. The van der Waals surface area contributed by atoms with Gasteiger partial charge in [-0.3, -0.25) is 9.59 Å². The summed E-state index contributed by atoms with van der Waals surface area (Å²) in [5, 5.41) is 13.6. The van der Waals surface area contributed by atoms with Gasteiger partial charge in [-0.05, 0) is 38.7 Å². The zero-order chi connectivity index (χ0) is 17.9. The summed E-state index contributed by atoms with van der Waals surface area (Å²) in [4.78, 5) is 26.5. The predicted octanol–water partition coefficient (Wildman–Crippen LogP) is 2.39. The highest BCUT2D eigenvalue weighted by molar-refractivity contribution is 5.93. The van der Waals surface area contributed by atoms with Gasteiger partial charge in [-0.25, -0.2) is 0 Å². The van der Waals surface area contributed by atoms with Gasteiger partial charge in [-0.15, -0.1) is 0 Å². The number of hydrogen-bond donors (Lipinski definition) is 2. The van der Waals surface area contributed by atoms with Crippen molar-refractivity contribution in [3.8, 4) is 0 Å². The summed E-state index contributed by atoms with van der Waals surface area (Å²) in [7, 11) is 0. The van der Waals surface area contributed by atoms with Crippen molar-refractivity contribution in [1.29, 1.82) is 0 Å². The molecule has 1 aliphatic carbocycles. The number of nitrogens with zero attached hydrogens (tertiary/aromatic N) is 1. The van der Waals surface area contributed by atoms with Crippen molar-refractivity contribution in [2.75, 3.05) is 13.1 Å². The Labute approximate surface area is 148 Å². The molecule has 0 atom stereocenters. The molecule has 2 N–H and O–H groups in total. The van der Waals surface area contributed by atoms with Gasteiger partial charge in [0, 0.05) is 24.7 Å². The minimum absolute atomic E-state index is 0.0380. The molecule has 1 saturated carbocycles. The fraction of sp³-hybridized carbons (Fsp3) is 0.684. The van der Waals surface area contributed by atoms with Crippen LogP contribution in [0.2, 0.25) is 0 Å². The first-order valence-electron chi connectivity index (χ1n) is 9.32. The van der Waals surface area contributed by atoms with Crippen LogP contribution in [0.25, 0.3) is 0 Å². The Bertz CT molecular complexity index is 611. The molecule has 0 radical (unpaired) electrons. The van der Waals surface area contributed by atoms with Crippen LogP contribution in [0.3, 0.4) is 0 Å². The van der Waals surface area contributed by atoms with E-state index in [1.807, 2.05) is 11.8 Å². The van der Waals surface area contributed by atoms with Crippen molar-refractivity contribution < 1.29 is 19.1 Å². The molecule has 2 fully saturated rings. The zero-order valence-corrected chi connectivity index (χ0v) is 14.9. The highest BCUT2D eigenvalue weighted by Crippen LogP contribution is 2.31. The third-order valence-corrected chi connectivity index (χ3v) is 5.52. The van der Waals surface area contributed by atoms with Gasteiger partial charge in [0.05, 0.1) is 18.3 Å². The van der Waals surface area contributed by atoms with Gasteiger partial charge in [-0.2, -0.15) is 0 Å². The van der Waals surface area contributed by atoms with Crippen molar-refractivity contribution in [3.05, 3.63) is 23.7 Å². The zero-order valence-electron chi connectivity index (χ0n) is 14.9.